The third-order valence-electron chi connectivity index (χ3n) is 2.90. The molecule has 0 spiro atoms. The standard InChI is InChI=1S/C15H19NOS/c17-14(15-7-4-12-18-15)9-11-16-10-8-13-5-2-1-3-6-13/h1-7,12,14,16-17H,8-11H2. The first kappa shape index (κ1) is 13.3. The Balaban J connectivity index is 1.59. The van der Waals surface area contributed by atoms with E-state index in [-0.39, 0.29) is 6.10 Å². The maximum absolute atomic E-state index is 9.90. The van der Waals surface area contributed by atoms with Crippen molar-refractivity contribution in [1.82, 2.24) is 5.32 Å². The second kappa shape index (κ2) is 7.31. The topological polar surface area (TPSA) is 32.3 Å². The average Bonchev–Trinajstić information content (AvgIpc) is 2.93. The number of hydrogen-bond acceptors (Lipinski definition) is 3. The maximum atomic E-state index is 9.90. The van der Waals surface area contributed by atoms with E-state index in [0.29, 0.717) is 0 Å². The van der Waals surface area contributed by atoms with E-state index in [1.165, 1.54) is 5.56 Å². The summed E-state index contributed by atoms with van der Waals surface area (Å²) >= 11 is 1.61. The fraction of sp³-hybridized carbons (Fsp3) is 0.333. The smallest absolute Gasteiger partial charge is 0.0894 e. The number of rotatable bonds is 7. The van der Waals surface area contributed by atoms with Gasteiger partial charge >= 0.3 is 0 Å². The lowest BCUT2D eigenvalue weighted by atomic mass is 10.1. The summed E-state index contributed by atoms with van der Waals surface area (Å²) in [6.45, 7) is 1.81. The zero-order valence-electron chi connectivity index (χ0n) is 10.4. The average molecular weight is 261 g/mol. The number of aliphatic hydroxyl groups excluding tert-OH is 1. The number of aliphatic hydroxyl groups is 1. The van der Waals surface area contributed by atoms with Crippen LogP contribution >= 0.6 is 11.3 Å². The number of thiophene rings is 1. The minimum Gasteiger partial charge on any atom is -0.388 e. The highest BCUT2D eigenvalue weighted by molar-refractivity contribution is 7.10. The van der Waals surface area contributed by atoms with E-state index >= 15 is 0 Å². The molecule has 18 heavy (non-hydrogen) atoms. The zero-order chi connectivity index (χ0) is 12.6. The molecule has 0 saturated heterocycles. The van der Waals surface area contributed by atoms with Gasteiger partial charge in [-0.05, 0) is 42.9 Å². The minimum absolute atomic E-state index is 0.325. The summed E-state index contributed by atoms with van der Waals surface area (Å²) in [6.07, 6.45) is 1.49. The molecule has 2 rings (SSSR count). The Morgan fingerprint density at radius 3 is 2.61 bits per heavy atom. The Labute approximate surface area is 112 Å². The van der Waals surface area contributed by atoms with E-state index < -0.39 is 0 Å². The van der Waals surface area contributed by atoms with Gasteiger partial charge in [0.2, 0.25) is 0 Å². The molecule has 0 aliphatic rings. The molecular formula is C15H19NOS. The van der Waals surface area contributed by atoms with Crippen molar-refractivity contribution in [2.45, 2.75) is 18.9 Å². The molecule has 2 aromatic rings. The van der Waals surface area contributed by atoms with Gasteiger partial charge in [-0.25, -0.2) is 0 Å². The Morgan fingerprint density at radius 2 is 1.89 bits per heavy atom. The van der Waals surface area contributed by atoms with Crippen LogP contribution in [0.25, 0.3) is 0 Å². The summed E-state index contributed by atoms with van der Waals surface area (Å²) in [6, 6.07) is 14.4. The van der Waals surface area contributed by atoms with Crippen LogP contribution in [-0.4, -0.2) is 18.2 Å². The van der Waals surface area contributed by atoms with Gasteiger partial charge in [0.1, 0.15) is 0 Å². The van der Waals surface area contributed by atoms with Crippen molar-refractivity contribution in [3.05, 3.63) is 58.3 Å². The minimum atomic E-state index is -0.325. The summed E-state index contributed by atoms with van der Waals surface area (Å²) in [5.41, 5.74) is 1.35. The van der Waals surface area contributed by atoms with E-state index in [4.69, 9.17) is 0 Å². The lowest BCUT2D eigenvalue weighted by Gasteiger charge is -2.09. The van der Waals surface area contributed by atoms with Gasteiger partial charge in [-0.2, -0.15) is 0 Å². The second-order valence-corrected chi connectivity index (χ2v) is 5.28. The molecule has 0 fully saturated rings. The molecule has 1 aromatic heterocycles. The number of benzene rings is 1. The highest BCUT2D eigenvalue weighted by Gasteiger charge is 2.07. The molecule has 0 bridgehead atoms. The molecule has 1 atom stereocenters. The fourth-order valence-corrected chi connectivity index (χ4v) is 2.61. The SMILES string of the molecule is OC(CCNCCc1ccccc1)c1cccs1. The molecule has 0 saturated carbocycles. The summed E-state index contributed by atoms with van der Waals surface area (Å²) in [5.74, 6) is 0. The second-order valence-electron chi connectivity index (χ2n) is 4.31. The van der Waals surface area contributed by atoms with Crippen molar-refractivity contribution < 1.29 is 5.11 Å². The Morgan fingerprint density at radius 1 is 1.06 bits per heavy atom. The highest BCUT2D eigenvalue weighted by atomic mass is 32.1. The summed E-state index contributed by atoms with van der Waals surface area (Å²) in [4.78, 5) is 1.06. The Bertz CT molecular complexity index is 427. The van der Waals surface area contributed by atoms with Crippen LogP contribution in [0, 0.1) is 0 Å². The van der Waals surface area contributed by atoms with E-state index in [1.54, 1.807) is 11.3 Å². The highest BCUT2D eigenvalue weighted by Crippen LogP contribution is 2.20. The Kier molecular flexibility index (Phi) is 5.39. The van der Waals surface area contributed by atoms with Crippen LogP contribution < -0.4 is 5.32 Å². The van der Waals surface area contributed by atoms with Gasteiger partial charge < -0.3 is 10.4 Å². The van der Waals surface area contributed by atoms with Crippen LogP contribution in [0.2, 0.25) is 0 Å². The first-order valence-corrected chi connectivity index (χ1v) is 7.20. The predicted octanol–water partition coefficient (Wildman–Crippen LogP) is 3.00. The van der Waals surface area contributed by atoms with Crippen LogP contribution in [0.15, 0.2) is 47.8 Å². The first-order chi connectivity index (χ1) is 8.86. The molecule has 1 heterocycles. The summed E-state index contributed by atoms with van der Waals surface area (Å²) < 4.78 is 0. The lowest BCUT2D eigenvalue weighted by Crippen LogP contribution is -2.20. The van der Waals surface area contributed by atoms with Crippen molar-refractivity contribution in [3.63, 3.8) is 0 Å². The van der Waals surface area contributed by atoms with Gasteiger partial charge in [-0.3, -0.25) is 0 Å². The molecule has 0 aliphatic heterocycles. The zero-order valence-corrected chi connectivity index (χ0v) is 11.2. The molecule has 1 unspecified atom stereocenters. The normalized spacial score (nSPS) is 12.5. The molecule has 2 nitrogen and oxygen atoms in total. The summed E-state index contributed by atoms with van der Waals surface area (Å²) in [7, 11) is 0. The molecule has 2 N–H and O–H groups in total. The Hall–Kier alpha value is -1.16. The maximum Gasteiger partial charge on any atom is 0.0894 e. The van der Waals surface area contributed by atoms with Gasteiger partial charge in [0, 0.05) is 4.88 Å². The molecule has 1 aromatic carbocycles. The van der Waals surface area contributed by atoms with Crippen LogP contribution in [0.3, 0.4) is 0 Å². The monoisotopic (exact) mass is 261 g/mol. The van der Waals surface area contributed by atoms with Crippen molar-refractivity contribution in [2.75, 3.05) is 13.1 Å². The van der Waals surface area contributed by atoms with Crippen molar-refractivity contribution in [2.24, 2.45) is 0 Å². The van der Waals surface area contributed by atoms with Crippen molar-refractivity contribution >= 4 is 11.3 Å². The first-order valence-electron chi connectivity index (χ1n) is 6.32. The molecular weight excluding hydrogens is 242 g/mol. The number of nitrogens with one attached hydrogen (secondary N) is 1. The van der Waals surface area contributed by atoms with Crippen LogP contribution in [0.4, 0.5) is 0 Å². The van der Waals surface area contributed by atoms with E-state index in [2.05, 4.69) is 29.6 Å². The molecule has 0 aliphatic carbocycles. The quantitative estimate of drug-likeness (QED) is 0.751. The van der Waals surface area contributed by atoms with E-state index in [1.807, 2.05) is 23.6 Å². The van der Waals surface area contributed by atoms with Gasteiger partial charge in [-0.15, -0.1) is 11.3 Å². The van der Waals surface area contributed by atoms with Gasteiger partial charge in [0.05, 0.1) is 6.10 Å². The third kappa shape index (κ3) is 4.26. The van der Waals surface area contributed by atoms with Crippen LogP contribution in [0.1, 0.15) is 23.0 Å². The lowest BCUT2D eigenvalue weighted by molar-refractivity contribution is 0.170. The van der Waals surface area contributed by atoms with Gasteiger partial charge in [0.25, 0.3) is 0 Å². The third-order valence-corrected chi connectivity index (χ3v) is 3.87. The van der Waals surface area contributed by atoms with E-state index in [0.717, 1.165) is 30.8 Å². The van der Waals surface area contributed by atoms with E-state index in [9.17, 15) is 5.11 Å². The predicted molar refractivity (Wildman–Crippen MR) is 76.9 cm³/mol. The molecule has 0 amide bonds. The number of hydrogen-bond donors (Lipinski definition) is 2. The molecule has 3 heteroatoms. The summed E-state index contributed by atoms with van der Waals surface area (Å²) in [5, 5.41) is 15.3. The van der Waals surface area contributed by atoms with Crippen molar-refractivity contribution in [1.29, 1.82) is 0 Å². The molecule has 0 radical (unpaired) electrons. The van der Waals surface area contributed by atoms with Gasteiger partial charge in [0.15, 0.2) is 0 Å². The molecule has 96 valence electrons. The van der Waals surface area contributed by atoms with Crippen LogP contribution in [0.5, 0.6) is 0 Å². The van der Waals surface area contributed by atoms with Gasteiger partial charge in [-0.1, -0.05) is 36.4 Å². The largest absolute Gasteiger partial charge is 0.388 e. The van der Waals surface area contributed by atoms with Crippen molar-refractivity contribution in [3.8, 4) is 0 Å². The fourth-order valence-electron chi connectivity index (χ4n) is 1.86. The van der Waals surface area contributed by atoms with Crippen LogP contribution in [-0.2, 0) is 6.42 Å².